The number of allylic oxidation sites excluding steroid dienone is 1. The van der Waals surface area contributed by atoms with Gasteiger partial charge in [-0.3, -0.25) is 0 Å². The van der Waals surface area contributed by atoms with E-state index in [0.717, 1.165) is 29.6 Å². The van der Waals surface area contributed by atoms with Crippen molar-refractivity contribution in [1.82, 2.24) is 10.3 Å². The second kappa shape index (κ2) is 7.30. The van der Waals surface area contributed by atoms with Gasteiger partial charge in [-0.2, -0.15) is 0 Å². The lowest BCUT2D eigenvalue weighted by atomic mass is 9.98. The van der Waals surface area contributed by atoms with E-state index in [1.807, 2.05) is 6.92 Å². The zero-order chi connectivity index (χ0) is 17.0. The molecule has 5 heteroatoms. The molecule has 1 saturated carbocycles. The van der Waals surface area contributed by atoms with Gasteiger partial charge in [0, 0.05) is 17.5 Å². The van der Waals surface area contributed by atoms with Crippen molar-refractivity contribution in [2.24, 2.45) is 4.99 Å². The van der Waals surface area contributed by atoms with Crippen molar-refractivity contribution in [3.63, 3.8) is 0 Å². The summed E-state index contributed by atoms with van der Waals surface area (Å²) in [4.78, 5) is 8.77. The highest BCUT2D eigenvalue weighted by molar-refractivity contribution is 7.09. The smallest absolute Gasteiger partial charge is 0.137 e. The molecule has 1 aliphatic carbocycles. The fraction of sp³-hybridized carbons (Fsp3) is 0.556. The summed E-state index contributed by atoms with van der Waals surface area (Å²) in [7, 11) is 0. The molecule has 0 aliphatic heterocycles. The van der Waals surface area contributed by atoms with Crippen LogP contribution < -0.4 is 10.6 Å². The Morgan fingerprint density at radius 2 is 2.09 bits per heavy atom. The van der Waals surface area contributed by atoms with Crippen LogP contribution in [0, 0.1) is 6.92 Å². The Morgan fingerprint density at radius 3 is 2.52 bits per heavy atom. The minimum absolute atomic E-state index is 0.198. The maximum atomic E-state index is 4.48. The SMILES string of the molecule is C=N/C(NC1(C)CC1)=C(\CC)C(CNc1csc(C)n1)=C(C)C. The predicted octanol–water partition coefficient (Wildman–Crippen LogP) is 4.66. The quantitative estimate of drug-likeness (QED) is 0.537. The van der Waals surface area contributed by atoms with Crippen LogP contribution >= 0.6 is 11.3 Å². The van der Waals surface area contributed by atoms with Gasteiger partial charge in [0.15, 0.2) is 0 Å². The molecule has 0 aromatic carbocycles. The molecule has 1 aromatic heterocycles. The highest BCUT2D eigenvalue weighted by atomic mass is 32.1. The second-order valence-electron chi connectivity index (χ2n) is 6.61. The average Bonchev–Trinajstić information content (AvgIpc) is 3.08. The molecule has 0 radical (unpaired) electrons. The van der Waals surface area contributed by atoms with Crippen molar-refractivity contribution in [3.8, 4) is 0 Å². The van der Waals surface area contributed by atoms with Crippen LogP contribution in [0.3, 0.4) is 0 Å². The Balaban J connectivity index is 2.22. The number of nitrogens with one attached hydrogen (secondary N) is 2. The van der Waals surface area contributed by atoms with E-state index in [1.165, 1.54) is 29.6 Å². The zero-order valence-electron chi connectivity index (χ0n) is 14.9. The number of aliphatic imine (C=N–C) groups is 1. The van der Waals surface area contributed by atoms with Crippen LogP contribution in [0.1, 0.15) is 52.0 Å². The summed E-state index contributed by atoms with van der Waals surface area (Å²) in [6.45, 7) is 15.3. The fourth-order valence-electron chi connectivity index (χ4n) is 2.54. The number of hydrogen-bond acceptors (Lipinski definition) is 5. The van der Waals surface area contributed by atoms with Crippen molar-refractivity contribution < 1.29 is 0 Å². The predicted molar refractivity (Wildman–Crippen MR) is 101 cm³/mol. The standard InChI is InChI=1S/C18H28N4S/c1-7-14(17(19-6)22-18(5)8-9-18)15(12(2)3)10-20-16-11-23-13(4)21-16/h11,20,22H,6-10H2,1-5H3/b17-14-. The van der Waals surface area contributed by atoms with Crippen LogP contribution in [-0.4, -0.2) is 23.8 Å². The van der Waals surface area contributed by atoms with Gasteiger partial charge < -0.3 is 10.6 Å². The highest BCUT2D eigenvalue weighted by Gasteiger charge is 2.38. The van der Waals surface area contributed by atoms with E-state index < -0.39 is 0 Å². The van der Waals surface area contributed by atoms with Crippen LogP contribution in [0.25, 0.3) is 0 Å². The molecule has 126 valence electrons. The Labute approximate surface area is 143 Å². The van der Waals surface area contributed by atoms with Gasteiger partial charge in [0.25, 0.3) is 0 Å². The van der Waals surface area contributed by atoms with Gasteiger partial charge in [0.05, 0.1) is 5.01 Å². The number of aryl methyl sites for hydroxylation is 1. The van der Waals surface area contributed by atoms with E-state index >= 15 is 0 Å². The monoisotopic (exact) mass is 332 g/mol. The van der Waals surface area contributed by atoms with Crippen molar-refractivity contribution in [3.05, 3.63) is 32.9 Å². The Hall–Kier alpha value is -1.62. The van der Waals surface area contributed by atoms with Crippen LogP contribution in [0.5, 0.6) is 0 Å². The van der Waals surface area contributed by atoms with E-state index in [0.29, 0.717) is 0 Å². The van der Waals surface area contributed by atoms with Crippen molar-refractivity contribution in [1.29, 1.82) is 0 Å². The lowest BCUT2D eigenvalue weighted by Gasteiger charge is -2.20. The Kier molecular flexibility index (Phi) is 5.63. The maximum absolute atomic E-state index is 4.48. The van der Waals surface area contributed by atoms with Crippen molar-refractivity contribution in [2.45, 2.75) is 59.4 Å². The molecule has 2 N–H and O–H groups in total. The lowest BCUT2D eigenvalue weighted by molar-refractivity contribution is 0.598. The molecule has 0 spiro atoms. The van der Waals surface area contributed by atoms with E-state index in [2.05, 4.69) is 60.4 Å². The largest absolute Gasteiger partial charge is 0.365 e. The van der Waals surface area contributed by atoms with E-state index in [-0.39, 0.29) is 5.54 Å². The molecule has 23 heavy (non-hydrogen) atoms. The zero-order valence-corrected chi connectivity index (χ0v) is 15.7. The first-order chi connectivity index (χ1) is 10.9. The van der Waals surface area contributed by atoms with Gasteiger partial charge in [-0.25, -0.2) is 9.98 Å². The average molecular weight is 333 g/mol. The van der Waals surface area contributed by atoms with E-state index in [1.54, 1.807) is 11.3 Å². The third-order valence-corrected chi connectivity index (χ3v) is 5.02. The first-order valence-electron chi connectivity index (χ1n) is 8.19. The van der Waals surface area contributed by atoms with Gasteiger partial charge in [0.2, 0.25) is 0 Å². The molecule has 1 heterocycles. The van der Waals surface area contributed by atoms with Gasteiger partial charge in [-0.15, -0.1) is 11.3 Å². The molecule has 4 nitrogen and oxygen atoms in total. The normalized spacial score (nSPS) is 16.4. The number of thiazole rings is 1. The molecule has 1 aromatic rings. The third-order valence-electron chi connectivity index (χ3n) is 4.25. The molecule has 0 saturated heterocycles. The highest BCUT2D eigenvalue weighted by Crippen LogP contribution is 2.36. The van der Waals surface area contributed by atoms with Crippen LogP contribution in [0.2, 0.25) is 0 Å². The first-order valence-corrected chi connectivity index (χ1v) is 9.07. The van der Waals surface area contributed by atoms with Gasteiger partial charge in [0.1, 0.15) is 11.6 Å². The molecule has 1 fully saturated rings. The molecule has 0 atom stereocenters. The summed E-state index contributed by atoms with van der Waals surface area (Å²) in [5.74, 6) is 1.87. The third kappa shape index (κ3) is 4.67. The van der Waals surface area contributed by atoms with Crippen LogP contribution in [0.15, 0.2) is 32.9 Å². The van der Waals surface area contributed by atoms with Crippen LogP contribution in [-0.2, 0) is 0 Å². The van der Waals surface area contributed by atoms with Crippen LogP contribution in [0.4, 0.5) is 5.82 Å². The van der Waals surface area contributed by atoms with E-state index in [4.69, 9.17) is 0 Å². The topological polar surface area (TPSA) is 49.3 Å². The minimum Gasteiger partial charge on any atom is -0.365 e. The summed E-state index contributed by atoms with van der Waals surface area (Å²) in [5, 5.41) is 10.2. The molecule has 0 bridgehead atoms. The number of hydrogen-bond donors (Lipinski definition) is 2. The lowest BCUT2D eigenvalue weighted by Crippen LogP contribution is -2.28. The number of aromatic nitrogens is 1. The minimum atomic E-state index is 0.198. The maximum Gasteiger partial charge on any atom is 0.137 e. The summed E-state index contributed by atoms with van der Waals surface area (Å²) in [6.07, 6.45) is 3.32. The Bertz CT molecular complexity index is 631. The van der Waals surface area contributed by atoms with Gasteiger partial charge in [-0.05, 0) is 64.8 Å². The molecular formula is C18H28N4S. The molecule has 1 aliphatic rings. The second-order valence-corrected chi connectivity index (χ2v) is 7.67. The number of anilines is 1. The van der Waals surface area contributed by atoms with E-state index in [9.17, 15) is 0 Å². The summed E-state index contributed by atoms with van der Waals surface area (Å²) in [5.41, 5.74) is 4.03. The molecule has 2 rings (SSSR count). The number of rotatable bonds is 8. The number of nitrogens with zero attached hydrogens (tertiary/aromatic N) is 2. The summed E-state index contributed by atoms with van der Waals surface area (Å²) >= 11 is 1.66. The summed E-state index contributed by atoms with van der Waals surface area (Å²) < 4.78 is 0. The van der Waals surface area contributed by atoms with Crippen molar-refractivity contribution >= 4 is 23.9 Å². The molecule has 0 amide bonds. The van der Waals surface area contributed by atoms with Gasteiger partial charge in [-0.1, -0.05) is 12.5 Å². The Morgan fingerprint density at radius 1 is 1.39 bits per heavy atom. The van der Waals surface area contributed by atoms with Gasteiger partial charge >= 0.3 is 0 Å². The summed E-state index contributed by atoms with van der Waals surface area (Å²) in [6, 6.07) is 0. The first kappa shape index (κ1) is 17.7. The molecule has 0 unspecified atom stereocenters. The molecular weight excluding hydrogens is 304 g/mol. The van der Waals surface area contributed by atoms with Crippen molar-refractivity contribution in [2.75, 3.05) is 11.9 Å². The fourth-order valence-corrected chi connectivity index (χ4v) is 3.11.